The van der Waals surface area contributed by atoms with Crippen LogP contribution in [0.1, 0.15) is 27.9 Å². The number of carbonyl (C=O) groups is 1. The number of nitrogens with zero attached hydrogens (tertiary/aromatic N) is 4. The number of nitrogens with one attached hydrogen (secondary N) is 2. The Kier molecular flexibility index (Phi) is 14.1. The van der Waals surface area contributed by atoms with E-state index in [0.717, 1.165) is 105 Å². The summed E-state index contributed by atoms with van der Waals surface area (Å²) in [6.45, 7) is 11.5. The van der Waals surface area contributed by atoms with Gasteiger partial charge in [0.2, 0.25) is 0 Å². The molecule has 2 aliphatic heterocycles. The van der Waals surface area contributed by atoms with E-state index in [1.807, 2.05) is 55.1 Å². The zero-order valence-electron chi connectivity index (χ0n) is 33.3. The molecule has 2 N–H and O–H groups in total. The van der Waals surface area contributed by atoms with E-state index in [-0.39, 0.29) is 10.9 Å². The molecular weight excluding hydrogens is 784 g/mol. The van der Waals surface area contributed by atoms with Gasteiger partial charge in [0.15, 0.2) is 0 Å². The highest BCUT2D eigenvalue weighted by molar-refractivity contribution is 7.99. The van der Waals surface area contributed by atoms with Crippen LogP contribution in [0.5, 0.6) is 0 Å². The molecule has 0 saturated carbocycles. The maximum atomic E-state index is 13.5. The Morgan fingerprint density at radius 2 is 1.45 bits per heavy atom. The molecule has 1 atom stereocenters. The summed E-state index contributed by atoms with van der Waals surface area (Å²) in [6, 6.07) is 39.3. The van der Waals surface area contributed by atoms with Crippen LogP contribution in [0, 0.1) is 6.92 Å². The van der Waals surface area contributed by atoms with Crippen LogP contribution in [0.2, 0.25) is 5.02 Å². The number of piperazine rings is 2. The summed E-state index contributed by atoms with van der Waals surface area (Å²) in [7, 11) is -1.93. The van der Waals surface area contributed by atoms with Crippen LogP contribution in [0.4, 0.5) is 11.4 Å². The Hall–Kier alpha value is -4.36. The second kappa shape index (κ2) is 19.6. The van der Waals surface area contributed by atoms with E-state index >= 15 is 0 Å². The Labute approximate surface area is 353 Å². The monoisotopic (exact) mass is 836 g/mol. The average molecular weight is 838 g/mol. The molecular formula is C46H53ClN6O3S2. The number of amides is 1. The molecule has 0 unspecified atom stereocenters. The van der Waals surface area contributed by atoms with Crippen LogP contribution in [0.25, 0.3) is 11.1 Å². The zero-order valence-corrected chi connectivity index (χ0v) is 35.7. The number of aryl methyl sites for hydroxylation is 1. The van der Waals surface area contributed by atoms with Gasteiger partial charge in [0.25, 0.3) is 15.9 Å². The largest absolute Gasteiger partial charge is 0.381 e. The van der Waals surface area contributed by atoms with E-state index in [0.29, 0.717) is 5.56 Å². The lowest BCUT2D eigenvalue weighted by Gasteiger charge is -2.36. The van der Waals surface area contributed by atoms with Crippen LogP contribution in [-0.4, -0.2) is 107 Å². The fourth-order valence-electron chi connectivity index (χ4n) is 7.54. The first-order valence-corrected chi connectivity index (χ1v) is 22.9. The molecule has 2 saturated heterocycles. The summed E-state index contributed by atoms with van der Waals surface area (Å²) < 4.78 is 29.2. The highest BCUT2D eigenvalue weighted by Gasteiger charge is 2.23. The van der Waals surface area contributed by atoms with Crippen molar-refractivity contribution in [3.8, 4) is 11.1 Å². The van der Waals surface area contributed by atoms with E-state index in [2.05, 4.69) is 97.3 Å². The summed E-state index contributed by atoms with van der Waals surface area (Å²) in [6.07, 6.45) is 0.967. The normalized spacial score (nSPS) is 16.2. The fourth-order valence-corrected chi connectivity index (χ4v) is 9.72. The molecule has 58 heavy (non-hydrogen) atoms. The Morgan fingerprint density at radius 3 is 2.16 bits per heavy atom. The fraction of sp³-hybridized carbons (Fsp3) is 0.326. The first-order valence-electron chi connectivity index (χ1n) is 20.0. The smallest absolute Gasteiger partial charge is 0.264 e. The van der Waals surface area contributed by atoms with Crippen LogP contribution < -0.4 is 14.9 Å². The number of anilines is 2. The van der Waals surface area contributed by atoms with Crippen molar-refractivity contribution in [2.45, 2.75) is 35.7 Å². The molecule has 7 rings (SSSR count). The number of rotatable bonds is 15. The minimum Gasteiger partial charge on any atom is -0.381 e. The van der Waals surface area contributed by atoms with Crippen molar-refractivity contribution in [2.75, 3.05) is 81.9 Å². The van der Waals surface area contributed by atoms with Gasteiger partial charge in [-0.15, -0.1) is 11.8 Å². The highest BCUT2D eigenvalue weighted by Crippen LogP contribution is 2.28. The number of carbonyl (C=O) groups excluding carboxylic acids is 1. The van der Waals surface area contributed by atoms with Gasteiger partial charge in [-0.2, -0.15) is 0 Å². The molecule has 1 amide bonds. The third-order valence-electron chi connectivity index (χ3n) is 11.1. The van der Waals surface area contributed by atoms with Crippen molar-refractivity contribution in [3.63, 3.8) is 0 Å². The van der Waals surface area contributed by atoms with Crippen LogP contribution >= 0.6 is 23.4 Å². The highest BCUT2D eigenvalue weighted by atomic mass is 35.5. The van der Waals surface area contributed by atoms with Crippen LogP contribution in [-0.2, 0) is 16.6 Å². The third-order valence-corrected chi connectivity index (χ3v) is 13.9. The predicted molar refractivity (Wildman–Crippen MR) is 240 cm³/mol. The standard InChI is InChI=1S/C46H53ClN6O3S2/c1-35-32-43(20-21-45(35)48-40(34-57-42-9-4-3-5-10-42)22-23-51-26-24-50(2)25-27-51)58(55,56)49-46(54)37-14-18-41(19-15-37)53-30-28-52(29-31-53)33-38-8-6-7-11-44(38)36-12-16-39(47)17-13-36/h3-21,32,40,48H,22-31,33-34H2,1-2H3,(H,49,54)/t40-/m1/s1. The Morgan fingerprint density at radius 1 is 0.776 bits per heavy atom. The third kappa shape index (κ3) is 11.2. The molecule has 304 valence electrons. The Balaban J connectivity index is 0.926. The van der Waals surface area contributed by atoms with E-state index in [4.69, 9.17) is 11.6 Å². The van der Waals surface area contributed by atoms with Gasteiger partial charge in [0.1, 0.15) is 0 Å². The first kappa shape index (κ1) is 41.8. The molecule has 5 aromatic carbocycles. The molecule has 0 radical (unpaired) electrons. The summed E-state index contributed by atoms with van der Waals surface area (Å²) in [4.78, 5) is 24.2. The lowest BCUT2D eigenvalue weighted by molar-refractivity contribution is 0.0981. The van der Waals surface area contributed by atoms with E-state index in [1.54, 1.807) is 24.3 Å². The number of hydrogen-bond acceptors (Lipinski definition) is 9. The maximum Gasteiger partial charge on any atom is 0.264 e. The number of hydrogen-bond donors (Lipinski definition) is 2. The van der Waals surface area contributed by atoms with E-state index in [9.17, 15) is 13.2 Å². The van der Waals surface area contributed by atoms with Crippen molar-refractivity contribution in [1.82, 2.24) is 19.4 Å². The van der Waals surface area contributed by atoms with Crippen molar-refractivity contribution in [1.29, 1.82) is 0 Å². The van der Waals surface area contributed by atoms with Crippen molar-refractivity contribution in [2.24, 2.45) is 0 Å². The number of sulfonamides is 1. The summed E-state index contributed by atoms with van der Waals surface area (Å²) >= 11 is 7.96. The van der Waals surface area contributed by atoms with E-state index in [1.165, 1.54) is 16.0 Å². The molecule has 0 aliphatic carbocycles. The lowest BCUT2D eigenvalue weighted by Crippen LogP contribution is -2.46. The van der Waals surface area contributed by atoms with Gasteiger partial charge in [-0.1, -0.05) is 66.2 Å². The van der Waals surface area contributed by atoms with Gasteiger partial charge >= 0.3 is 0 Å². The van der Waals surface area contributed by atoms with Crippen molar-refractivity contribution >= 4 is 50.7 Å². The number of halogens is 1. The zero-order chi connectivity index (χ0) is 40.5. The number of benzene rings is 5. The SMILES string of the molecule is Cc1cc(S(=O)(=O)NC(=O)c2ccc(N3CCN(Cc4ccccc4-c4ccc(Cl)cc4)CC3)cc2)ccc1N[C@H](CCN1CCN(C)CC1)CSc1ccccc1. The van der Waals surface area contributed by atoms with Gasteiger partial charge < -0.3 is 20.0 Å². The minimum absolute atomic E-state index is 0.0572. The number of thioether (sulfide) groups is 1. The van der Waals surface area contributed by atoms with Gasteiger partial charge in [0.05, 0.1) is 4.90 Å². The second-order valence-corrected chi connectivity index (χ2v) is 18.5. The molecule has 0 bridgehead atoms. The molecule has 2 fully saturated rings. The quantitative estimate of drug-likeness (QED) is 0.102. The Bertz CT molecular complexity index is 2230. The van der Waals surface area contributed by atoms with Crippen molar-refractivity contribution in [3.05, 3.63) is 143 Å². The molecule has 5 aromatic rings. The molecule has 0 spiro atoms. The molecule has 9 nitrogen and oxygen atoms in total. The summed E-state index contributed by atoms with van der Waals surface area (Å²) in [5, 5.41) is 4.44. The van der Waals surface area contributed by atoms with Crippen LogP contribution in [0.3, 0.4) is 0 Å². The predicted octanol–water partition coefficient (Wildman–Crippen LogP) is 7.97. The van der Waals surface area contributed by atoms with Crippen LogP contribution in [0.15, 0.2) is 131 Å². The van der Waals surface area contributed by atoms with Gasteiger partial charge in [-0.05, 0) is 109 Å². The molecule has 2 heterocycles. The molecule has 0 aromatic heterocycles. The molecule has 12 heteroatoms. The van der Waals surface area contributed by atoms with Crippen molar-refractivity contribution < 1.29 is 13.2 Å². The lowest BCUT2D eigenvalue weighted by atomic mass is 9.99. The average Bonchev–Trinajstić information content (AvgIpc) is 3.24. The summed E-state index contributed by atoms with van der Waals surface area (Å²) in [5.74, 6) is 0.223. The van der Waals surface area contributed by atoms with E-state index < -0.39 is 15.9 Å². The first-order chi connectivity index (χ1) is 28.1. The topological polar surface area (TPSA) is 88.2 Å². The minimum atomic E-state index is -4.10. The van der Waals surface area contributed by atoms with Gasteiger partial charge in [-0.25, -0.2) is 13.1 Å². The number of likely N-dealkylation sites (N-methyl/N-ethyl adjacent to an activating group) is 1. The maximum absolute atomic E-state index is 13.5. The van der Waals surface area contributed by atoms with Gasteiger partial charge in [0, 0.05) is 104 Å². The van der Waals surface area contributed by atoms with Gasteiger partial charge in [-0.3, -0.25) is 9.69 Å². The second-order valence-electron chi connectivity index (χ2n) is 15.3. The molecule has 2 aliphatic rings. The summed E-state index contributed by atoms with van der Waals surface area (Å²) in [5.41, 5.74) is 6.64.